The number of nitrogens with zero attached hydrogens (tertiary/aromatic N) is 2. The van der Waals surface area contributed by atoms with Crippen LogP contribution in [0.25, 0.3) is 49.7 Å². The lowest BCUT2D eigenvalue weighted by atomic mass is 10.0. The molecule has 186 valence electrons. The zero-order valence-electron chi connectivity index (χ0n) is 21.2. The van der Waals surface area contributed by atoms with Gasteiger partial charge in [0.2, 0.25) is 0 Å². The highest BCUT2D eigenvalue weighted by Crippen LogP contribution is 2.36. The summed E-state index contributed by atoms with van der Waals surface area (Å²) in [7, 11) is 0. The number of hydrogen-bond donors (Lipinski definition) is 0. The highest BCUT2D eigenvalue weighted by Gasteiger charge is 2.13. The number of rotatable bonds is 5. The number of para-hydroxylation sites is 2. The molecule has 0 unspecified atom stereocenters. The van der Waals surface area contributed by atoms with E-state index in [1.807, 2.05) is 0 Å². The number of anilines is 2. The zero-order valence-corrected chi connectivity index (χ0v) is 23.4. The molecule has 0 aliphatic heterocycles. The molecule has 3 heteroatoms. The molecule has 0 radical (unpaired) electrons. The Bertz CT molecular complexity index is 1890. The second-order valence-electron chi connectivity index (χ2n) is 9.66. The zero-order chi connectivity index (χ0) is 26.2. The predicted octanol–water partition coefficient (Wildman–Crippen LogP) is 10.6. The van der Waals surface area contributed by atoms with Gasteiger partial charge in [-0.3, -0.25) is 3.11 Å². The summed E-state index contributed by atoms with van der Waals surface area (Å²) in [4.78, 5) is 0. The van der Waals surface area contributed by atoms with Gasteiger partial charge in [-0.15, -0.1) is 0 Å². The minimum atomic E-state index is 1.15. The number of halogens is 1. The van der Waals surface area contributed by atoms with Gasteiger partial charge < -0.3 is 4.57 Å². The van der Waals surface area contributed by atoms with Crippen molar-refractivity contribution in [2.75, 3.05) is 3.11 Å². The second-order valence-corrected chi connectivity index (χ2v) is 10.6. The second kappa shape index (κ2) is 10.1. The van der Waals surface area contributed by atoms with Crippen LogP contribution in [0.5, 0.6) is 0 Å². The van der Waals surface area contributed by atoms with Crippen molar-refractivity contribution in [1.82, 2.24) is 4.57 Å². The van der Waals surface area contributed by atoms with Crippen molar-refractivity contribution < 1.29 is 0 Å². The summed E-state index contributed by atoms with van der Waals surface area (Å²) in [5, 5.41) is 2.54. The summed E-state index contributed by atoms with van der Waals surface area (Å²) in [5.41, 5.74) is 10.8. The molecule has 0 N–H and O–H groups in total. The van der Waals surface area contributed by atoms with Crippen LogP contribution in [0.1, 0.15) is 0 Å². The third-order valence-electron chi connectivity index (χ3n) is 7.32. The smallest absolute Gasteiger partial charge is 0.0646 e. The molecular formula is C36H25IN2. The molecule has 0 aliphatic rings. The third kappa shape index (κ3) is 4.39. The van der Waals surface area contributed by atoms with Gasteiger partial charge in [-0.05, 0) is 76.9 Å². The van der Waals surface area contributed by atoms with E-state index in [2.05, 4.69) is 182 Å². The predicted molar refractivity (Wildman–Crippen MR) is 174 cm³/mol. The van der Waals surface area contributed by atoms with Crippen LogP contribution in [0.2, 0.25) is 0 Å². The lowest BCUT2D eigenvalue weighted by Crippen LogP contribution is -2.00. The monoisotopic (exact) mass is 612 g/mol. The highest BCUT2D eigenvalue weighted by atomic mass is 127. The fourth-order valence-electron chi connectivity index (χ4n) is 5.36. The first-order valence-corrected chi connectivity index (χ1v) is 14.0. The molecule has 1 heterocycles. The molecule has 39 heavy (non-hydrogen) atoms. The topological polar surface area (TPSA) is 8.17 Å². The Morgan fingerprint density at radius 2 is 0.897 bits per heavy atom. The number of hydrogen-bond acceptors (Lipinski definition) is 1. The molecule has 6 aromatic carbocycles. The van der Waals surface area contributed by atoms with Crippen LogP contribution in [-0.4, -0.2) is 4.57 Å². The maximum Gasteiger partial charge on any atom is 0.0646 e. The lowest BCUT2D eigenvalue weighted by Gasteiger charge is -2.18. The van der Waals surface area contributed by atoms with E-state index in [9.17, 15) is 0 Å². The van der Waals surface area contributed by atoms with Crippen molar-refractivity contribution in [2.45, 2.75) is 0 Å². The Kier molecular flexibility index (Phi) is 6.14. The van der Waals surface area contributed by atoms with Crippen molar-refractivity contribution in [3.8, 4) is 27.9 Å². The first kappa shape index (κ1) is 23.7. The number of aromatic nitrogens is 1. The normalized spacial score (nSPS) is 11.2. The van der Waals surface area contributed by atoms with E-state index >= 15 is 0 Å². The molecular weight excluding hydrogens is 587 g/mol. The van der Waals surface area contributed by atoms with Crippen LogP contribution in [0.4, 0.5) is 11.4 Å². The van der Waals surface area contributed by atoms with Crippen molar-refractivity contribution in [3.05, 3.63) is 152 Å². The van der Waals surface area contributed by atoms with E-state index in [4.69, 9.17) is 0 Å². The van der Waals surface area contributed by atoms with Crippen molar-refractivity contribution in [2.24, 2.45) is 0 Å². The summed E-state index contributed by atoms with van der Waals surface area (Å²) in [6, 6.07) is 54.2. The average Bonchev–Trinajstić information content (AvgIpc) is 3.35. The van der Waals surface area contributed by atoms with E-state index in [0.717, 1.165) is 11.4 Å². The average molecular weight is 613 g/mol. The third-order valence-corrected chi connectivity index (χ3v) is 8.43. The summed E-state index contributed by atoms with van der Waals surface area (Å²) in [6.45, 7) is 0. The van der Waals surface area contributed by atoms with Crippen LogP contribution in [0, 0.1) is 0 Å². The van der Waals surface area contributed by atoms with Gasteiger partial charge in [-0.25, -0.2) is 0 Å². The summed E-state index contributed by atoms with van der Waals surface area (Å²) >= 11 is 2.39. The van der Waals surface area contributed by atoms with Gasteiger partial charge in [0.15, 0.2) is 0 Å². The highest BCUT2D eigenvalue weighted by molar-refractivity contribution is 14.1. The van der Waals surface area contributed by atoms with E-state index in [1.165, 1.54) is 49.7 Å². The van der Waals surface area contributed by atoms with Gasteiger partial charge >= 0.3 is 0 Å². The van der Waals surface area contributed by atoms with Gasteiger partial charge in [0.1, 0.15) is 0 Å². The Balaban J connectivity index is 1.21. The molecule has 0 fully saturated rings. The molecule has 0 atom stereocenters. The van der Waals surface area contributed by atoms with Crippen molar-refractivity contribution in [1.29, 1.82) is 0 Å². The van der Waals surface area contributed by atoms with Gasteiger partial charge in [0.25, 0.3) is 0 Å². The molecule has 0 amide bonds. The van der Waals surface area contributed by atoms with E-state index in [0.29, 0.717) is 0 Å². The van der Waals surface area contributed by atoms with Crippen LogP contribution in [0.15, 0.2) is 152 Å². The fourth-order valence-corrected chi connectivity index (χ4v) is 6.00. The standard InChI is InChI=1S/C36H25IN2/c37-39(31-20-15-27(16-21-31)26-9-3-1-4-10-26)32-22-17-28(18-23-32)29-19-24-36-34(25-29)33-13-7-8-14-35(33)38(36)30-11-5-2-6-12-30/h1-25H. The number of fused-ring (bicyclic) bond motifs is 3. The quantitative estimate of drug-likeness (QED) is 0.139. The molecule has 0 saturated carbocycles. The molecule has 0 saturated heterocycles. The first-order valence-electron chi connectivity index (χ1n) is 13.1. The van der Waals surface area contributed by atoms with E-state index < -0.39 is 0 Å². The minimum Gasteiger partial charge on any atom is -0.309 e. The number of benzene rings is 6. The van der Waals surface area contributed by atoms with E-state index in [1.54, 1.807) is 0 Å². The van der Waals surface area contributed by atoms with E-state index in [-0.39, 0.29) is 0 Å². The Labute approximate surface area is 242 Å². The molecule has 0 bridgehead atoms. The maximum absolute atomic E-state index is 2.39. The van der Waals surface area contributed by atoms with Crippen molar-refractivity contribution >= 4 is 56.0 Å². The Morgan fingerprint density at radius 1 is 0.410 bits per heavy atom. The lowest BCUT2D eigenvalue weighted by molar-refractivity contribution is 1.18. The van der Waals surface area contributed by atoms with Crippen LogP contribution >= 0.6 is 22.9 Å². The van der Waals surface area contributed by atoms with Gasteiger partial charge in [0, 0.05) is 16.5 Å². The molecule has 7 rings (SSSR count). The molecule has 7 aromatic rings. The first-order chi connectivity index (χ1) is 19.3. The van der Waals surface area contributed by atoms with Crippen LogP contribution in [-0.2, 0) is 0 Å². The Morgan fingerprint density at radius 3 is 1.56 bits per heavy atom. The summed E-state index contributed by atoms with van der Waals surface area (Å²) in [6.07, 6.45) is 0. The molecule has 0 aliphatic carbocycles. The van der Waals surface area contributed by atoms with Gasteiger partial charge in [-0.1, -0.05) is 97.1 Å². The summed E-state index contributed by atoms with van der Waals surface area (Å²) < 4.78 is 4.56. The Hall–Kier alpha value is -4.35. The van der Waals surface area contributed by atoms with Gasteiger partial charge in [-0.2, -0.15) is 0 Å². The maximum atomic E-state index is 2.39. The SMILES string of the molecule is IN(c1ccc(-c2ccccc2)cc1)c1ccc(-c2ccc3c(c2)c2ccccc2n3-c2ccccc2)cc1. The molecule has 0 spiro atoms. The van der Waals surface area contributed by atoms with Gasteiger partial charge in [0.05, 0.1) is 45.3 Å². The van der Waals surface area contributed by atoms with Crippen molar-refractivity contribution in [3.63, 3.8) is 0 Å². The minimum absolute atomic E-state index is 1.15. The largest absolute Gasteiger partial charge is 0.309 e. The molecule has 1 aromatic heterocycles. The molecule has 2 nitrogen and oxygen atoms in total. The van der Waals surface area contributed by atoms with Crippen LogP contribution in [0.3, 0.4) is 0 Å². The summed E-state index contributed by atoms with van der Waals surface area (Å²) in [5.74, 6) is 0. The van der Waals surface area contributed by atoms with Crippen LogP contribution < -0.4 is 3.11 Å². The fraction of sp³-hybridized carbons (Fsp3) is 0.